The van der Waals surface area contributed by atoms with Crippen LogP contribution in [0.15, 0.2) is 33.2 Å². The lowest BCUT2D eigenvalue weighted by atomic mass is 10.2. The third-order valence-corrected chi connectivity index (χ3v) is 6.08. The van der Waals surface area contributed by atoms with Gasteiger partial charge in [-0.05, 0) is 77.6 Å². The second kappa shape index (κ2) is 11.4. The smallest absolute Gasteiger partial charge is 0.410 e. The van der Waals surface area contributed by atoms with E-state index in [1.807, 2.05) is 20.8 Å². The lowest BCUT2D eigenvalue weighted by Gasteiger charge is -2.27. The predicted molar refractivity (Wildman–Crippen MR) is 147 cm³/mol. The summed E-state index contributed by atoms with van der Waals surface area (Å²) in [5, 5.41) is 0. The number of rotatable bonds is 1. The summed E-state index contributed by atoms with van der Waals surface area (Å²) in [4.78, 5) is 21.7. The number of hydrogen-bond acceptors (Lipinski definition) is 5. The van der Waals surface area contributed by atoms with E-state index in [2.05, 4.69) is 41.8 Å². The first-order valence-electron chi connectivity index (χ1n) is 10.2. The maximum Gasteiger partial charge on any atom is 0.410 e. The van der Waals surface area contributed by atoms with Crippen molar-refractivity contribution in [2.75, 3.05) is 18.0 Å². The largest absolute Gasteiger partial charge is 0.444 e. The number of amides is 1. The highest BCUT2D eigenvalue weighted by Gasteiger charge is 2.35. The molecule has 5 N–H and O–H groups in total. The van der Waals surface area contributed by atoms with Crippen molar-refractivity contribution in [1.29, 1.82) is 0 Å². The number of anilines is 2. The summed E-state index contributed by atoms with van der Waals surface area (Å²) >= 11 is 6.13. The van der Waals surface area contributed by atoms with Crippen LogP contribution in [0.4, 0.5) is 25.0 Å². The van der Waals surface area contributed by atoms with Crippen LogP contribution >= 0.6 is 55.8 Å². The summed E-state index contributed by atoms with van der Waals surface area (Å²) in [6.45, 7) is 6.17. The summed E-state index contributed by atoms with van der Waals surface area (Å²) in [5.74, 6) is -0.0734. The summed E-state index contributed by atoms with van der Waals surface area (Å²) in [5.41, 5.74) is 12.1. The Morgan fingerprint density at radius 1 is 1.12 bits per heavy atom. The number of imidazole rings is 1. The zero-order valence-corrected chi connectivity index (χ0v) is 24.3. The van der Waals surface area contributed by atoms with Crippen molar-refractivity contribution < 1.29 is 18.3 Å². The number of carbonyl (C=O) groups is 1. The molecule has 2 aromatic carbocycles. The van der Waals surface area contributed by atoms with Gasteiger partial charge in [0.05, 0.1) is 37.4 Å². The molecule has 1 aliphatic rings. The van der Waals surface area contributed by atoms with Gasteiger partial charge in [-0.3, -0.25) is 4.90 Å². The van der Waals surface area contributed by atoms with E-state index in [0.717, 1.165) is 12.8 Å². The standard InChI is InChI=1S/C16H19BrFN3O2.C6H6BrFN2.HI/c1-16(2,3)23-15(22)21-6-4-5-13(21)14-19-11-7-9(17)10(18)8-12(11)20-14;7-3-1-5(9)6(10)2-4(3)8;/h7-8,13H,4-6H2,1-3H3,(H,19,20);1-2H,9-10H2;1H/t13-;;/m0../s1. The Labute approximate surface area is 230 Å². The van der Waals surface area contributed by atoms with E-state index in [4.69, 9.17) is 16.2 Å². The molecule has 0 bridgehead atoms. The molecule has 1 aliphatic heterocycles. The number of hydrogen-bond donors (Lipinski definition) is 3. The first-order chi connectivity index (χ1) is 15.4. The molecule has 7 nitrogen and oxygen atoms in total. The van der Waals surface area contributed by atoms with Crippen LogP contribution < -0.4 is 11.5 Å². The van der Waals surface area contributed by atoms with Gasteiger partial charge in [-0.2, -0.15) is 0 Å². The number of fused-ring (bicyclic) bond motifs is 1. The average molecular weight is 717 g/mol. The van der Waals surface area contributed by atoms with Crippen LogP contribution in [-0.4, -0.2) is 33.1 Å². The average Bonchev–Trinajstić information content (AvgIpc) is 3.33. The number of aromatic amines is 1. The molecule has 1 aromatic heterocycles. The number of ether oxygens (including phenoxy) is 1. The van der Waals surface area contributed by atoms with Crippen molar-refractivity contribution in [3.05, 3.63) is 50.7 Å². The molecule has 1 fully saturated rings. The SMILES string of the molecule is CC(C)(C)OC(=O)N1CCC[C@H]1c1nc2cc(Br)c(F)cc2[nH]1.I.Nc1cc(F)c(Br)cc1N. The fraction of sp³-hybridized carbons (Fsp3) is 0.364. The van der Waals surface area contributed by atoms with Gasteiger partial charge in [-0.1, -0.05) is 0 Å². The zero-order valence-electron chi connectivity index (χ0n) is 18.8. The quantitative estimate of drug-likeness (QED) is 0.187. The van der Waals surface area contributed by atoms with Gasteiger partial charge < -0.3 is 21.2 Å². The molecule has 0 spiro atoms. The minimum absolute atomic E-state index is 0. The topological polar surface area (TPSA) is 110 Å². The Morgan fingerprint density at radius 3 is 2.32 bits per heavy atom. The molecule has 12 heteroatoms. The molecule has 4 rings (SSSR count). The minimum Gasteiger partial charge on any atom is -0.444 e. The first kappa shape index (κ1) is 28.6. The number of H-pyrrole nitrogens is 1. The monoisotopic (exact) mass is 715 g/mol. The summed E-state index contributed by atoms with van der Waals surface area (Å²) in [6.07, 6.45) is 1.36. The number of halogens is 5. The van der Waals surface area contributed by atoms with E-state index in [-0.39, 0.29) is 47.6 Å². The molecule has 0 radical (unpaired) electrons. The van der Waals surface area contributed by atoms with E-state index >= 15 is 0 Å². The Morgan fingerprint density at radius 2 is 1.71 bits per heavy atom. The maximum atomic E-state index is 13.6. The molecule has 3 aromatic rings. The highest BCUT2D eigenvalue weighted by atomic mass is 127. The van der Waals surface area contributed by atoms with Crippen LogP contribution in [0.1, 0.15) is 45.5 Å². The van der Waals surface area contributed by atoms with Gasteiger partial charge in [-0.15, -0.1) is 24.0 Å². The molecular formula is C22H26Br2F2IN5O2. The molecule has 0 unspecified atom stereocenters. The summed E-state index contributed by atoms with van der Waals surface area (Å²) in [7, 11) is 0. The molecule has 1 amide bonds. The molecule has 1 saturated heterocycles. The van der Waals surface area contributed by atoms with Crippen molar-refractivity contribution in [2.45, 2.75) is 45.3 Å². The van der Waals surface area contributed by atoms with E-state index in [1.54, 1.807) is 11.0 Å². The minimum atomic E-state index is -0.536. The number of nitrogens with one attached hydrogen (secondary N) is 1. The van der Waals surface area contributed by atoms with Crippen molar-refractivity contribution in [3.63, 3.8) is 0 Å². The van der Waals surface area contributed by atoms with Gasteiger partial charge in [0.25, 0.3) is 0 Å². The molecule has 2 heterocycles. The molecule has 34 heavy (non-hydrogen) atoms. The van der Waals surface area contributed by atoms with E-state index in [9.17, 15) is 13.6 Å². The van der Waals surface area contributed by atoms with Gasteiger partial charge in [0.2, 0.25) is 0 Å². The summed E-state index contributed by atoms with van der Waals surface area (Å²) < 4.78 is 32.4. The number of aromatic nitrogens is 2. The number of likely N-dealkylation sites (tertiary alicyclic amines) is 1. The number of benzene rings is 2. The second-order valence-electron chi connectivity index (χ2n) is 8.63. The Kier molecular flexibility index (Phi) is 9.56. The fourth-order valence-corrected chi connectivity index (χ4v) is 4.04. The second-order valence-corrected chi connectivity index (χ2v) is 10.3. The van der Waals surface area contributed by atoms with Gasteiger partial charge >= 0.3 is 6.09 Å². The lowest BCUT2D eigenvalue weighted by Crippen LogP contribution is -2.36. The van der Waals surface area contributed by atoms with E-state index < -0.39 is 11.4 Å². The van der Waals surface area contributed by atoms with Crippen molar-refractivity contribution in [3.8, 4) is 0 Å². The van der Waals surface area contributed by atoms with Gasteiger partial charge in [-0.25, -0.2) is 18.6 Å². The molecule has 0 saturated carbocycles. The van der Waals surface area contributed by atoms with Crippen LogP contribution in [0.3, 0.4) is 0 Å². The zero-order chi connectivity index (χ0) is 24.5. The third kappa shape index (κ3) is 6.94. The first-order valence-corrected chi connectivity index (χ1v) is 11.8. The van der Waals surface area contributed by atoms with Gasteiger partial charge in [0.15, 0.2) is 0 Å². The Balaban J connectivity index is 0.000000314. The molecule has 0 aliphatic carbocycles. The van der Waals surface area contributed by atoms with Crippen molar-refractivity contribution in [1.82, 2.24) is 14.9 Å². The normalized spacial score (nSPS) is 15.5. The van der Waals surface area contributed by atoms with Crippen LogP contribution in [0.25, 0.3) is 11.0 Å². The van der Waals surface area contributed by atoms with Crippen LogP contribution in [0, 0.1) is 11.6 Å². The fourth-order valence-electron chi connectivity index (χ4n) is 3.35. The Bertz CT molecular complexity index is 1100. The summed E-state index contributed by atoms with van der Waals surface area (Å²) in [6, 6.07) is 5.49. The van der Waals surface area contributed by atoms with Crippen LogP contribution in [0.5, 0.6) is 0 Å². The molecular weight excluding hydrogens is 691 g/mol. The third-order valence-electron chi connectivity index (χ3n) is 4.86. The lowest BCUT2D eigenvalue weighted by molar-refractivity contribution is 0.0219. The maximum absolute atomic E-state index is 13.6. The number of nitrogen functional groups attached to an aromatic ring is 2. The number of carbonyl (C=O) groups excluding carboxylic acids is 1. The van der Waals surface area contributed by atoms with Crippen LogP contribution in [0.2, 0.25) is 0 Å². The Hall–Kier alpha value is -1.67. The predicted octanol–water partition coefficient (Wildman–Crippen LogP) is 6.91. The highest BCUT2D eigenvalue weighted by Crippen LogP contribution is 2.33. The highest BCUT2D eigenvalue weighted by molar-refractivity contribution is 14.0. The van der Waals surface area contributed by atoms with E-state index in [1.165, 1.54) is 18.2 Å². The molecule has 1 atom stereocenters. The van der Waals surface area contributed by atoms with E-state index in [0.29, 0.717) is 38.0 Å². The van der Waals surface area contributed by atoms with Gasteiger partial charge in [0, 0.05) is 18.7 Å². The van der Waals surface area contributed by atoms with Crippen LogP contribution in [-0.2, 0) is 4.74 Å². The number of nitrogens with zero attached hydrogens (tertiary/aromatic N) is 2. The van der Waals surface area contributed by atoms with Crippen molar-refractivity contribution in [2.24, 2.45) is 0 Å². The molecule has 186 valence electrons. The van der Waals surface area contributed by atoms with Gasteiger partial charge in [0.1, 0.15) is 23.1 Å². The van der Waals surface area contributed by atoms with Crippen molar-refractivity contribution >= 4 is 84.3 Å². The number of nitrogens with two attached hydrogens (primary N) is 2.